The molecule has 4 aromatic heterocycles. The van der Waals surface area contributed by atoms with Crippen LogP contribution in [0.25, 0.3) is 32.5 Å². The average Bonchev–Trinajstić information content (AvgIpc) is 3.88. The van der Waals surface area contributed by atoms with E-state index >= 15 is 0 Å². The van der Waals surface area contributed by atoms with E-state index in [0.717, 1.165) is 16.1 Å². The van der Waals surface area contributed by atoms with E-state index in [1.165, 1.54) is 21.8 Å². The van der Waals surface area contributed by atoms with E-state index in [1.54, 1.807) is 53.3 Å². The quantitative estimate of drug-likeness (QED) is 0.0924. The van der Waals surface area contributed by atoms with Gasteiger partial charge < -0.3 is 10.2 Å². The molecule has 0 bridgehead atoms. The van der Waals surface area contributed by atoms with Crippen molar-refractivity contribution in [1.29, 1.82) is 0 Å². The second kappa shape index (κ2) is 13.5. The number of thiophene rings is 2. The van der Waals surface area contributed by atoms with Crippen LogP contribution >= 0.6 is 69.1 Å². The highest BCUT2D eigenvalue weighted by Gasteiger charge is 2.38. The monoisotopic (exact) mass is 834 g/mol. The molecule has 52 heavy (non-hydrogen) atoms. The zero-order valence-electron chi connectivity index (χ0n) is 27.6. The summed E-state index contributed by atoms with van der Waals surface area (Å²) in [6, 6.07) is 12.4. The van der Waals surface area contributed by atoms with Gasteiger partial charge in [0.25, 0.3) is 10.1 Å². The van der Waals surface area contributed by atoms with E-state index in [9.17, 15) is 23.2 Å². The van der Waals surface area contributed by atoms with Crippen molar-refractivity contribution in [2.75, 3.05) is 0 Å². The van der Waals surface area contributed by atoms with E-state index in [4.69, 9.17) is 56.6 Å². The van der Waals surface area contributed by atoms with E-state index in [0.29, 0.717) is 102 Å². The molecule has 4 heterocycles. The molecule has 9 nitrogen and oxygen atoms in total. The Morgan fingerprint density at radius 1 is 0.750 bits per heavy atom. The van der Waals surface area contributed by atoms with Gasteiger partial charge in [0.1, 0.15) is 4.90 Å². The number of nitrogens with zero attached hydrogens (tertiary/aromatic N) is 4. The molecule has 0 amide bonds. The molecule has 0 fully saturated rings. The zero-order valence-corrected chi connectivity index (χ0v) is 33.1. The number of hydrogen-bond acceptors (Lipinski definition) is 8. The molecule has 270 valence electrons. The summed E-state index contributed by atoms with van der Waals surface area (Å²) in [6.07, 6.45) is 0.923. The number of aryl methyl sites for hydroxylation is 2. The molecule has 2 aromatic carbocycles. The van der Waals surface area contributed by atoms with Crippen LogP contribution in [0.5, 0.6) is 0 Å². The lowest BCUT2D eigenvalue weighted by molar-refractivity contribution is 0.141. The first-order chi connectivity index (χ1) is 24.7. The number of aliphatic hydroxyl groups is 2. The molecule has 0 aliphatic heterocycles. The summed E-state index contributed by atoms with van der Waals surface area (Å²) in [6.45, 7) is 3.73. The Kier molecular flexibility index (Phi) is 9.42. The number of unbranched alkanes of at least 4 members (excludes halogenated alkanes) is 1. The molecule has 0 saturated carbocycles. The van der Waals surface area contributed by atoms with Crippen molar-refractivity contribution in [3.05, 3.63) is 106 Å². The fourth-order valence-corrected chi connectivity index (χ4v) is 12.0. The first kappa shape index (κ1) is 36.2. The molecule has 2 atom stereocenters. The van der Waals surface area contributed by atoms with E-state index < -0.39 is 22.3 Å². The molecule has 2 aliphatic rings. The Balaban J connectivity index is 1.04. The Morgan fingerprint density at radius 2 is 1.27 bits per heavy atom. The normalized spacial score (nSPS) is 14.4. The molecule has 8 rings (SSSR count). The summed E-state index contributed by atoms with van der Waals surface area (Å²) in [5.74, 6) is 0. The number of aliphatic hydroxyl groups excluding tert-OH is 2. The molecule has 3 N–H and O–H groups in total. The van der Waals surface area contributed by atoms with Crippen molar-refractivity contribution in [1.82, 2.24) is 19.6 Å². The zero-order chi connectivity index (χ0) is 36.8. The molecule has 0 radical (unpaired) electrons. The predicted molar refractivity (Wildman–Crippen MR) is 207 cm³/mol. The number of fused-ring (bicyclic) bond motifs is 6. The lowest BCUT2D eigenvalue weighted by Gasteiger charge is -2.13. The fraction of sp³-hybridized carbons (Fsp3) is 0.278. The number of halogens is 4. The van der Waals surface area contributed by atoms with Crippen LogP contribution in [0.4, 0.5) is 0 Å². The Labute approximate surface area is 327 Å². The number of aromatic nitrogens is 4. The van der Waals surface area contributed by atoms with Gasteiger partial charge in [-0.1, -0.05) is 59.2 Å². The van der Waals surface area contributed by atoms with Gasteiger partial charge in [0.05, 0.1) is 66.2 Å². The highest BCUT2D eigenvalue weighted by Crippen LogP contribution is 2.50. The standard InChI is InChI=1S/C36H30Cl4N4O5S3/c1-16-11-18-12-21-30(41-43(32(21)34(18)50-16)26-9-7-19(37)13-24(26)39)28(45)5-3-4-6-29(46)31-22-15-23-35(51-17(2)36(23)52(47,48)49)33(22)44(42-31)27-10-8-20(38)14-25(27)40/h7-11,13-14,28-29,45-46H,3-6,12,15H2,1-2H3,(H,47,48,49). The van der Waals surface area contributed by atoms with Crippen LogP contribution in [0.2, 0.25) is 20.1 Å². The van der Waals surface area contributed by atoms with Gasteiger partial charge in [-0.2, -0.15) is 18.6 Å². The topological polar surface area (TPSA) is 130 Å². The summed E-state index contributed by atoms with van der Waals surface area (Å²) < 4.78 is 38.3. The smallest absolute Gasteiger partial charge is 0.295 e. The number of benzene rings is 2. The maximum absolute atomic E-state index is 12.4. The van der Waals surface area contributed by atoms with Gasteiger partial charge in [-0.25, -0.2) is 9.36 Å². The highest BCUT2D eigenvalue weighted by atomic mass is 35.5. The first-order valence-corrected chi connectivity index (χ1v) is 21.0. The predicted octanol–water partition coefficient (Wildman–Crippen LogP) is 10.1. The lowest BCUT2D eigenvalue weighted by atomic mass is 10.00. The van der Waals surface area contributed by atoms with Gasteiger partial charge in [-0.05, 0) is 80.3 Å². The fourth-order valence-electron chi connectivity index (χ4n) is 7.42. The van der Waals surface area contributed by atoms with Crippen LogP contribution in [-0.2, 0) is 23.0 Å². The maximum atomic E-state index is 12.4. The van der Waals surface area contributed by atoms with Crippen molar-refractivity contribution < 1.29 is 23.2 Å². The molecule has 0 saturated heterocycles. The average molecular weight is 837 g/mol. The number of hydrogen-bond donors (Lipinski definition) is 3. The lowest BCUT2D eigenvalue weighted by Crippen LogP contribution is -2.07. The van der Waals surface area contributed by atoms with Crippen LogP contribution in [0, 0.1) is 13.8 Å². The van der Waals surface area contributed by atoms with Gasteiger partial charge >= 0.3 is 0 Å². The maximum Gasteiger partial charge on any atom is 0.295 e. The molecule has 16 heteroatoms. The number of rotatable bonds is 10. The van der Waals surface area contributed by atoms with Crippen LogP contribution in [-0.4, -0.2) is 42.7 Å². The molecule has 2 unspecified atom stereocenters. The SMILES string of the molecule is Cc1cc2c(s1)-c1c(c(C(O)CCCCC(O)c3nn(-c4ccc(Cl)cc4Cl)c4c3Cc3c-4sc(C)c3S(=O)(=O)O)nn1-c1ccc(Cl)cc1Cl)C2. The molecular weight excluding hydrogens is 806 g/mol. The third kappa shape index (κ3) is 6.14. The van der Waals surface area contributed by atoms with Crippen LogP contribution in [0.1, 0.15) is 81.3 Å². The van der Waals surface area contributed by atoms with Crippen molar-refractivity contribution >= 4 is 79.2 Å². The largest absolute Gasteiger partial charge is 0.387 e. The molecular formula is C36H30Cl4N4O5S3. The summed E-state index contributed by atoms with van der Waals surface area (Å²) in [5, 5.41) is 34.5. The van der Waals surface area contributed by atoms with Gasteiger partial charge in [-0.15, -0.1) is 22.7 Å². The summed E-state index contributed by atoms with van der Waals surface area (Å²) in [7, 11) is -4.49. The third-order valence-corrected chi connectivity index (χ3v) is 14.1. The van der Waals surface area contributed by atoms with E-state index in [2.05, 4.69) is 13.0 Å². The second-order valence-corrected chi connectivity index (χ2v) is 18.6. The highest BCUT2D eigenvalue weighted by molar-refractivity contribution is 7.86. The van der Waals surface area contributed by atoms with Crippen molar-refractivity contribution in [2.45, 2.75) is 69.5 Å². The molecule has 0 spiro atoms. The Hall–Kier alpha value is -2.75. The van der Waals surface area contributed by atoms with E-state index in [1.807, 2.05) is 10.7 Å². The van der Waals surface area contributed by atoms with Gasteiger partial charge in [0.15, 0.2) is 0 Å². The Bertz CT molecular complexity index is 2540. The van der Waals surface area contributed by atoms with Crippen LogP contribution in [0.15, 0.2) is 47.4 Å². The van der Waals surface area contributed by atoms with Crippen molar-refractivity contribution in [2.24, 2.45) is 0 Å². The van der Waals surface area contributed by atoms with E-state index in [-0.39, 0.29) is 11.3 Å². The molecule has 6 aromatic rings. The van der Waals surface area contributed by atoms with Crippen LogP contribution in [0.3, 0.4) is 0 Å². The van der Waals surface area contributed by atoms with Gasteiger partial charge in [0, 0.05) is 43.8 Å². The first-order valence-electron chi connectivity index (χ1n) is 16.4. The third-order valence-electron chi connectivity index (χ3n) is 9.61. The minimum Gasteiger partial charge on any atom is -0.387 e. The molecule has 2 aliphatic carbocycles. The summed E-state index contributed by atoms with van der Waals surface area (Å²) >= 11 is 28.5. The minimum atomic E-state index is -4.49. The second-order valence-electron chi connectivity index (χ2n) is 13.1. The van der Waals surface area contributed by atoms with Gasteiger partial charge in [-0.3, -0.25) is 4.55 Å². The van der Waals surface area contributed by atoms with Crippen LogP contribution < -0.4 is 0 Å². The minimum absolute atomic E-state index is 0.107. The summed E-state index contributed by atoms with van der Waals surface area (Å²) in [5.41, 5.74) is 7.11. The van der Waals surface area contributed by atoms with Gasteiger partial charge in [0.2, 0.25) is 0 Å². The summed E-state index contributed by atoms with van der Waals surface area (Å²) in [4.78, 5) is 3.32. The Morgan fingerprint density at radius 3 is 1.79 bits per heavy atom. The van der Waals surface area contributed by atoms with Crippen molar-refractivity contribution in [3.63, 3.8) is 0 Å². The van der Waals surface area contributed by atoms with Crippen molar-refractivity contribution in [3.8, 4) is 32.5 Å².